The summed E-state index contributed by atoms with van der Waals surface area (Å²) in [5.74, 6) is 0. The normalized spacial score (nSPS) is 9.69. The molecule has 0 fully saturated rings. The zero-order valence-corrected chi connectivity index (χ0v) is 8.67. The second-order valence-electron chi connectivity index (χ2n) is 2.74. The first-order valence-electron chi connectivity index (χ1n) is 3.61. The molecule has 0 saturated heterocycles. The molecule has 68 valence electrons. The quantitative estimate of drug-likeness (QED) is 0.589. The van der Waals surface area contributed by atoms with Gasteiger partial charge >= 0.3 is 0 Å². The number of rotatable bonds is 2. The highest BCUT2D eigenvalue weighted by Gasteiger charge is 2.08. The van der Waals surface area contributed by atoms with Gasteiger partial charge in [-0.1, -0.05) is 28.1 Å². The van der Waals surface area contributed by atoms with Gasteiger partial charge in [0.15, 0.2) is 0 Å². The van der Waals surface area contributed by atoms with E-state index in [1.807, 2.05) is 6.92 Å². The molecular weight excluding hydrogens is 234 g/mol. The van der Waals surface area contributed by atoms with Gasteiger partial charge in [-0.25, -0.2) is 0 Å². The van der Waals surface area contributed by atoms with Gasteiger partial charge in [0.25, 0.3) is 5.69 Å². The average molecular weight is 242 g/mol. The molecule has 1 aromatic rings. The molecule has 4 heteroatoms. The highest BCUT2D eigenvalue weighted by atomic mass is 79.9. The summed E-state index contributed by atoms with van der Waals surface area (Å²) >= 11 is 3.20. The van der Waals surface area contributed by atoms with Gasteiger partial charge in [0, 0.05) is 16.6 Å². The van der Waals surface area contributed by atoms with Crippen molar-refractivity contribution in [2.24, 2.45) is 0 Å². The van der Waals surface area contributed by atoms with Crippen LogP contribution in [0.2, 0.25) is 0 Å². The Morgan fingerprint density at radius 3 is 2.62 bits per heavy atom. The number of hydrogen-bond donors (Lipinski definition) is 0. The molecule has 0 atom stereocenters. The molecule has 0 saturated carbocycles. The van der Waals surface area contributed by atoms with E-state index in [1.165, 1.54) is 12.1 Å². The SMILES string of the molecule is C=C(C)c1cc(Br)cc([N+](=O)[O-])c1. The number of nitro benzene ring substituents is 1. The Kier molecular flexibility index (Phi) is 2.83. The average Bonchev–Trinajstić information content (AvgIpc) is 2.03. The van der Waals surface area contributed by atoms with Crippen molar-refractivity contribution in [1.29, 1.82) is 0 Å². The molecule has 0 spiro atoms. The molecule has 0 aromatic heterocycles. The van der Waals surface area contributed by atoms with Gasteiger partial charge in [-0.2, -0.15) is 0 Å². The number of nitro groups is 1. The van der Waals surface area contributed by atoms with Gasteiger partial charge in [-0.15, -0.1) is 0 Å². The second-order valence-corrected chi connectivity index (χ2v) is 3.65. The summed E-state index contributed by atoms with van der Waals surface area (Å²) in [7, 11) is 0. The van der Waals surface area contributed by atoms with Crippen molar-refractivity contribution in [3.8, 4) is 0 Å². The van der Waals surface area contributed by atoms with Crippen LogP contribution >= 0.6 is 15.9 Å². The van der Waals surface area contributed by atoms with Crippen LogP contribution in [0.4, 0.5) is 5.69 Å². The highest BCUT2D eigenvalue weighted by Crippen LogP contribution is 2.24. The Morgan fingerprint density at radius 2 is 2.15 bits per heavy atom. The first-order valence-corrected chi connectivity index (χ1v) is 4.41. The van der Waals surface area contributed by atoms with Crippen molar-refractivity contribution >= 4 is 27.2 Å². The summed E-state index contributed by atoms with van der Waals surface area (Å²) in [5.41, 5.74) is 1.66. The Bertz CT molecular complexity index is 342. The van der Waals surface area contributed by atoms with E-state index >= 15 is 0 Å². The zero-order valence-electron chi connectivity index (χ0n) is 7.08. The van der Waals surface area contributed by atoms with Crippen LogP contribution in [0, 0.1) is 10.1 Å². The number of hydrogen-bond acceptors (Lipinski definition) is 2. The van der Waals surface area contributed by atoms with Gasteiger partial charge in [-0.05, 0) is 18.6 Å². The van der Waals surface area contributed by atoms with E-state index in [9.17, 15) is 10.1 Å². The highest BCUT2D eigenvalue weighted by molar-refractivity contribution is 9.10. The maximum absolute atomic E-state index is 10.5. The van der Waals surface area contributed by atoms with Crippen molar-refractivity contribution in [3.63, 3.8) is 0 Å². The summed E-state index contributed by atoms with van der Waals surface area (Å²) < 4.78 is 0.694. The number of nitrogens with zero attached hydrogens (tertiary/aromatic N) is 1. The number of halogens is 1. The lowest BCUT2D eigenvalue weighted by atomic mass is 10.1. The predicted octanol–water partition coefficient (Wildman–Crippen LogP) is 3.39. The predicted molar refractivity (Wildman–Crippen MR) is 55.5 cm³/mol. The lowest BCUT2D eigenvalue weighted by Crippen LogP contribution is -1.89. The van der Waals surface area contributed by atoms with Crippen molar-refractivity contribution in [3.05, 3.63) is 44.9 Å². The third kappa shape index (κ3) is 2.39. The minimum absolute atomic E-state index is 0.0763. The van der Waals surface area contributed by atoms with Crippen LogP contribution in [0.3, 0.4) is 0 Å². The van der Waals surface area contributed by atoms with E-state index in [4.69, 9.17) is 0 Å². The lowest BCUT2D eigenvalue weighted by Gasteiger charge is -2.00. The molecule has 3 nitrogen and oxygen atoms in total. The molecule has 0 aliphatic heterocycles. The molecule has 1 aromatic carbocycles. The Morgan fingerprint density at radius 1 is 1.54 bits per heavy atom. The number of non-ortho nitro benzene ring substituents is 1. The van der Waals surface area contributed by atoms with Crippen LogP contribution in [0.5, 0.6) is 0 Å². The smallest absolute Gasteiger partial charge is 0.258 e. The minimum Gasteiger partial charge on any atom is -0.258 e. The molecule has 0 bridgehead atoms. The maximum Gasteiger partial charge on any atom is 0.271 e. The molecule has 0 aliphatic rings. The number of benzene rings is 1. The Balaban J connectivity index is 3.26. The Labute approximate surface area is 84.4 Å². The molecular formula is C9H8BrNO2. The fourth-order valence-electron chi connectivity index (χ4n) is 0.926. The zero-order chi connectivity index (χ0) is 10.0. The molecule has 1 rings (SSSR count). The van der Waals surface area contributed by atoms with Crippen molar-refractivity contribution in [1.82, 2.24) is 0 Å². The summed E-state index contributed by atoms with van der Waals surface area (Å²) in [5, 5.41) is 10.5. The van der Waals surface area contributed by atoms with E-state index < -0.39 is 4.92 Å². The van der Waals surface area contributed by atoms with Crippen LogP contribution in [-0.4, -0.2) is 4.92 Å². The molecule has 0 radical (unpaired) electrons. The van der Waals surface area contributed by atoms with Crippen molar-refractivity contribution < 1.29 is 4.92 Å². The molecule has 0 amide bonds. The standard InChI is InChI=1S/C9H8BrNO2/c1-6(2)7-3-8(10)5-9(4-7)11(12)13/h3-5H,1H2,2H3. The van der Waals surface area contributed by atoms with Crippen molar-refractivity contribution in [2.45, 2.75) is 6.92 Å². The van der Waals surface area contributed by atoms with Gasteiger partial charge in [-0.3, -0.25) is 10.1 Å². The number of allylic oxidation sites excluding steroid dienone is 1. The van der Waals surface area contributed by atoms with Crippen LogP contribution < -0.4 is 0 Å². The fraction of sp³-hybridized carbons (Fsp3) is 0.111. The summed E-state index contributed by atoms with van der Waals surface area (Å²) in [6.07, 6.45) is 0. The van der Waals surface area contributed by atoms with E-state index in [-0.39, 0.29) is 5.69 Å². The van der Waals surface area contributed by atoms with E-state index in [1.54, 1.807) is 6.07 Å². The monoisotopic (exact) mass is 241 g/mol. The van der Waals surface area contributed by atoms with Crippen LogP contribution in [0.25, 0.3) is 5.57 Å². The second kappa shape index (κ2) is 3.70. The molecule has 0 unspecified atom stereocenters. The third-order valence-corrected chi connectivity index (χ3v) is 2.04. The van der Waals surface area contributed by atoms with Gasteiger partial charge < -0.3 is 0 Å². The largest absolute Gasteiger partial charge is 0.271 e. The van der Waals surface area contributed by atoms with Gasteiger partial charge in [0.2, 0.25) is 0 Å². The van der Waals surface area contributed by atoms with E-state index in [0.29, 0.717) is 4.47 Å². The van der Waals surface area contributed by atoms with Crippen LogP contribution in [0.15, 0.2) is 29.3 Å². The van der Waals surface area contributed by atoms with Crippen molar-refractivity contribution in [2.75, 3.05) is 0 Å². The molecule has 0 N–H and O–H groups in total. The van der Waals surface area contributed by atoms with Crippen LogP contribution in [-0.2, 0) is 0 Å². The summed E-state index contributed by atoms with van der Waals surface area (Å²) in [6.45, 7) is 5.53. The minimum atomic E-state index is -0.419. The fourth-order valence-corrected chi connectivity index (χ4v) is 1.41. The third-order valence-electron chi connectivity index (χ3n) is 1.59. The maximum atomic E-state index is 10.5. The molecule has 13 heavy (non-hydrogen) atoms. The summed E-state index contributed by atoms with van der Waals surface area (Å²) in [4.78, 5) is 10.1. The summed E-state index contributed by atoms with van der Waals surface area (Å²) in [6, 6.07) is 4.77. The topological polar surface area (TPSA) is 43.1 Å². The van der Waals surface area contributed by atoms with E-state index in [2.05, 4.69) is 22.5 Å². The van der Waals surface area contributed by atoms with Gasteiger partial charge in [0.05, 0.1) is 4.92 Å². The molecule has 0 aliphatic carbocycles. The Hall–Kier alpha value is -1.16. The molecule has 0 heterocycles. The van der Waals surface area contributed by atoms with E-state index in [0.717, 1.165) is 11.1 Å². The first kappa shape index (κ1) is 9.92. The first-order chi connectivity index (χ1) is 6.00. The van der Waals surface area contributed by atoms with Crippen LogP contribution in [0.1, 0.15) is 12.5 Å². The lowest BCUT2D eigenvalue weighted by molar-refractivity contribution is -0.384. The van der Waals surface area contributed by atoms with Gasteiger partial charge in [0.1, 0.15) is 0 Å².